The van der Waals surface area contributed by atoms with E-state index in [1.807, 2.05) is 0 Å². The van der Waals surface area contributed by atoms with Crippen LogP contribution in [0.2, 0.25) is 0 Å². The second-order valence-corrected chi connectivity index (χ2v) is 15.1. The molecule has 4 saturated carbocycles. The Balaban J connectivity index is 1.27. The van der Waals surface area contributed by atoms with Crippen molar-refractivity contribution in [2.45, 2.75) is 105 Å². The van der Waals surface area contributed by atoms with Crippen LogP contribution < -0.4 is 0 Å². The minimum Gasteiger partial charge on any atom is -0.481 e. The van der Waals surface area contributed by atoms with Crippen LogP contribution in [0.5, 0.6) is 0 Å². The van der Waals surface area contributed by atoms with Crippen molar-refractivity contribution in [3.8, 4) is 0 Å². The van der Waals surface area contributed by atoms with Crippen molar-refractivity contribution in [3.63, 3.8) is 0 Å². The van der Waals surface area contributed by atoms with Crippen LogP contribution in [-0.2, 0) is 16.0 Å². The van der Waals surface area contributed by atoms with Crippen molar-refractivity contribution < 1.29 is 19.8 Å². The summed E-state index contributed by atoms with van der Waals surface area (Å²) < 4.78 is 0. The molecule has 4 fully saturated rings. The molecule has 0 aromatic heterocycles. The van der Waals surface area contributed by atoms with Gasteiger partial charge in [0.2, 0.25) is 0 Å². The summed E-state index contributed by atoms with van der Waals surface area (Å²) in [5.41, 5.74) is 4.06. The van der Waals surface area contributed by atoms with E-state index in [1.165, 1.54) is 36.8 Å². The molecule has 0 amide bonds. The van der Waals surface area contributed by atoms with E-state index in [-0.39, 0.29) is 17.3 Å². The third-order valence-electron chi connectivity index (χ3n) is 13.4. The van der Waals surface area contributed by atoms with Gasteiger partial charge >= 0.3 is 11.9 Å². The molecule has 39 heavy (non-hydrogen) atoms. The van der Waals surface area contributed by atoms with E-state index in [9.17, 15) is 14.7 Å². The molecular weight excluding hydrogens is 484 g/mol. The fourth-order valence-corrected chi connectivity index (χ4v) is 11.8. The molecule has 0 spiro atoms. The Morgan fingerprint density at radius 1 is 0.821 bits per heavy atom. The summed E-state index contributed by atoms with van der Waals surface area (Å²) in [7, 11) is 0. The fourth-order valence-electron chi connectivity index (χ4n) is 11.8. The van der Waals surface area contributed by atoms with Gasteiger partial charge in [0.1, 0.15) is 0 Å². The Morgan fingerprint density at radius 3 is 2.26 bits per heavy atom. The molecule has 5 aliphatic rings. The summed E-state index contributed by atoms with van der Waals surface area (Å²) in [5.74, 6) is 1.74. The molecular formula is C35H48O4. The second kappa shape index (κ2) is 9.21. The number of rotatable bonds is 5. The summed E-state index contributed by atoms with van der Waals surface area (Å²) in [6.45, 7) is 10.1. The van der Waals surface area contributed by atoms with Gasteiger partial charge in [0.15, 0.2) is 0 Å². The normalized spacial score (nSPS) is 42.4. The van der Waals surface area contributed by atoms with Crippen molar-refractivity contribution in [1.82, 2.24) is 0 Å². The smallest absolute Gasteiger partial charge is 0.309 e. The molecule has 0 radical (unpaired) electrons. The third-order valence-corrected chi connectivity index (χ3v) is 13.4. The molecule has 8 atom stereocenters. The Kier molecular flexibility index (Phi) is 6.40. The first-order chi connectivity index (χ1) is 18.4. The molecule has 4 nitrogen and oxygen atoms in total. The molecule has 0 heterocycles. The van der Waals surface area contributed by atoms with Crippen molar-refractivity contribution in [2.24, 2.45) is 51.2 Å². The Bertz CT molecular complexity index is 1180. The zero-order valence-corrected chi connectivity index (χ0v) is 24.5. The highest BCUT2D eigenvalue weighted by molar-refractivity contribution is 5.76. The van der Waals surface area contributed by atoms with Gasteiger partial charge in [-0.2, -0.15) is 0 Å². The maximum Gasteiger partial charge on any atom is 0.309 e. The van der Waals surface area contributed by atoms with Crippen LogP contribution in [0.15, 0.2) is 30.3 Å². The minimum atomic E-state index is -0.745. The number of aryl methyl sites for hydroxylation is 1. The number of carboxylic acids is 2. The van der Waals surface area contributed by atoms with Gasteiger partial charge in [0.05, 0.1) is 5.41 Å². The van der Waals surface area contributed by atoms with Gasteiger partial charge in [-0.25, -0.2) is 0 Å². The Labute approximate surface area is 234 Å². The lowest BCUT2D eigenvalue weighted by Crippen LogP contribution is -2.61. The molecule has 6 rings (SSSR count). The molecule has 0 saturated heterocycles. The maximum absolute atomic E-state index is 12.5. The van der Waals surface area contributed by atoms with Crippen LogP contribution in [0.1, 0.15) is 109 Å². The molecule has 1 aromatic rings. The average Bonchev–Trinajstić information content (AvgIpc) is 3.34. The molecule has 0 aliphatic heterocycles. The first kappa shape index (κ1) is 27.1. The number of benzene rings is 1. The topological polar surface area (TPSA) is 74.6 Å². The second-order valence-electron chi connectivity index (χ2n) is 15.1. The number of hydrogen-bond donors (Lipinski definition) is 2. The third kappa shape index (κ3) is 3.90. The van der Waals surface area contributed by atoms with Crippen molar-refractivity contribution in [2.75, 3.05) is 0 Å². The van der Waals surface area contributed by atoms with E-state index in [2.05, 4.69) is 58.0 Å². The van der Waals surface area contributed by atoms with Crippen LogP contribution >= 0.6 is 0 Å². The fraction of sp³-hybridized carbons (Fsp3) is 0.714. The highest BCUT2D eigenvalue weighted by Crippen LogP contribution is 2.73. The van der Waals surface area contributed by atoms with Gasteiger partial charge < -0.3 is 10.2 Å². The van der Waals surface area contributed by atoms with Crippen LogP contribution in [0, 0.1) is 51.2 Å². The van der Waals surface area contributed by atoms with E-state index < -0.39 is 17.4 Å². The monoisotopic (exact) mass is 532 g/mol. The van der Waals surface area contributed by atoms with Gasteiger partial charge in [0.25, 0.3) is 0 Å². The SMILES string of the molecule is CC1(C)C(c2ccc(CCC(=O)O)cc2)=CCC2(C)C1CCC1(C)C3CCC4(C(=O)O)CCCC4C3CCC12. The number of carboxylic acid groups (broad SMARTS) is 2. The van der Waals surface area contributed by atoms with E-state index in [0.717, 1.165) is 44.1 Å². The predicted molar refractivity (Wildman–Crippen MR) is 154 cm³/mol. The molecule has 212 valence electrons. The molecule has 0 bridgehead atoms. The van der Waals surface area contributed by atoms with Gasteiger partial charge in [-0.1, -0.05) is 64.5 Å². The van der Waals surface area contributed by atoms with Gasteiger partial charge in [0, 0.05) is 6.42 Å². The number of fused-ring (bicyclic) bond motifs is 7. The molecule has 2 N–H and O–H groups in total. The molecule has 8 unspecified atom stereocenters. The highest BCUT2D eigenvalue weighted by atomic mass is 16.4. The van der Waals surface area contributed by atoms with Gasteiger partial charge in [-0.3, -0.25) is 9.59 Å². The van der Waals surface area contributed by atoms with Crippen LogP contribution in [-0.4, -0.2) is 22.2 Å². The van der Waals surface area contributed by atoms with E-state index in [0.29, 0.717) is 41.4 Å². The summed E-state index contributed by atoms with van der Waals surface area (Å²) in [6.07, 6.45) is 14.6. The number of allylic oxidation sites excluding steroid dienone is 2. The van der Waals surface area contributed by atoms with Crippen molar-refractivity contribution >= 4 is 17.5 Å². The van der Waals surface area contributed by atoms with E-state index >= 15 is 0 Å². The quantitative estimate of drug-likeness (QED) is 0.400. The number of carbonyl (C=O) groups is 2. The lowest BCUT2D eigenvalue weighted by Gasteiger charge is -2.68. The Hall–Kier alpha value is -2.10. The zero-order chi connectivity index (χ0) is 27.8. The standard InChI is InChI=1S/C35H48O4/c1-32(2)25(23-10-7-22(8-11-23)9-14-30(36)37)15-19-34(4)28(32)17-20-33(3)26-16-21-35(31(38)39)18-5-6-27(35)24(26)12-13-29(33)34/h7-8,10-11,15,24,26-29H,5-6,9,12-14,16-21H2,1-4H3,(H,36,37)(H,38,39). The van der Waals surface area contributed by atoms with E-state index in [1.54, 1.807) is 0 Å². The Morgan fingerprint density at radius 2 is 1.56 bits per heavy atom. The van der Waals surface area contributed by atoms with Crippen molar-refractivity contribution in [1.29, 1.82) is 0 Å². The summed E-state index contributed by atoms with van der Waals surface area (Å²) >= 11 is 0. The van der Waals surface area contributed by atoms with Crippen LogP contribution in [0.4, 0.5) is 0 Å². The molecule has 1 aromatic carbocycles. The highest BCUT2D eigenvalue weighted by Gasteiger charge is 2.66. The van der Waals surface area contributed by atoms with E-state index in [4.69, 9.17) is 5.11 Å². The lowest BCUT2D eigenvalue weighted by molar-refractivity contribution is -0.187. The lowest BCUT2D eigenvalue weighted by atomic mass is 9.36. The molecule has 5 aliphatic carbocycles. The number of aliphatic carboxylic acids is 2. The van der Waals surface area contributed by atoms with Crippen molar-refractivity contribution in [3.05, 3.63) is 41.5 Å². The predicted octanol–water partition coefficient (Wildman–Crippen LogP) is 8.25. The summed E-state index contributed by atoms with van der Waals surface area (Å²) in [4.78, 5) is 23.5. The van der Waals surface area contributed by atoms with Gasteiger partial charge in [-0.15, -0.1) is 0 Å². The first-order valence-electron chi connectivity index (χ1n) is 15.7. The minimum absolute atomic E-state index is 0.0736. The van der Waals surface area contributed by atoms with Crippen LogP contribution in [0.25, 0.3) is 5.57 Å². The summed E-state index contributed by atoms with van der Waals surface area (Å²) in [6, 6.07) is 8.66. The average molecular weight is 533 g/mol. The van der Waals surface area contributed by atoms with Gasteiger partial charge in [-0.05, 0) is 127 Å². The summed E-state index contributed by atoms with van der Waals surface area (Å²) in [5, 5.41) is 19.3. The first-order valence-corrected chi connectivity index (χ1v) is 15.7. The maximum atomic E-state index is 12.5. The number of hydrogen-bond acceptors (Lipinski definition) is 2. The molecule has 4 heteroatoms. The van der Waals surface area contributed by atoms with Crippen LogP contribution in [0.3, 0.4) is 0 Å². The largest absolute Gasteiger partial charge is 0.481 e. The zero-order valence-electron chi connectivity index (χ0n) is 24.5.